The molecular weight excluding hydrogens is 1620 g/mol. The minimum Gasteiger partial charge on any atom is -0.478 e. The molecule has 0 bridgehead atoms. The van der Waals surface area contributed by atoms with E-state index in [4.69, 9.17) is 190 Å². The van der Waals surface area contributed by atoms with Crippen LogP contribution in [0.25, 0.3) is 0 Å². The van der Waals surface area contributed by atoms with Crippen molar-refractivity contribution in [2.24, 2.45) is 35.5 Å². The number of carboxylic acid groups (broad SMARTS) is 1. The molecule has 6 aromatic rings. The van der Waals surface area contributed by atoms with Crippen LogP contribution in [0.5, 0.6) is 0 Å². The summed E-state index contributed by atoms with van der Waals surface area (Å²) in [6.07, 6.45) is -18.1. The summed E-state index contributed by atoms with van der Waals surface area (Å²) in [6, 6.07) is 47.6. The summed E-state index contributed by atoms with van der Waals surface area (Å²) in [5.74, 6) is -7.27. The highest BCUT2D eigenvalue weighted by Crippen LogP contribution is 2.28. The average Bonchev–Trinajstić information content (AvgIpc) is 0.794. The lowest BCUT2D eigenvalue weighted by molar-refractivity contribution is -0.135. The number of carbonyl (C=O) groups excluding carboxylic acids is 9. The molecule has 2 unspecified atom stereocenters. The van der Waals surface area contributed by atoms with E-state index in [0.717, 1.165) is 16.7 Å². The van der Waals surface area contributed by atoms with Crippen LogP contribution in [-0.2, 0) is 59.2 Å². The van der Waals surface area contributed by atoms with Gasteiger partial charge in [0.25, 0.3) is 0 Å². The Balaban J connectivity index is 0.000000484. The Labute approximate surface area is 838 Å². The Hall–Kier alpha value is -5.94. The van der Waals surface area contributed by atoms with Crippen LogP contribution >= 0.6 is 0 Å². The number of benzene rings is 6. The number of ketones is 6. The fraction of sp³-hybridized carbons (Fsp3) is 0.370. The third-order valence-corrected chi connectivity index (χ3v) is 24.3. The van der Waals surface area contributed by atoms with Crippen LogP contribution < -0.4 is 10.6 Å². The number of rotatable bonds is 53. The minimum atomic E-state index is -1.39. The molecule has 0 aromatic heterocycles. The molecule has 5 N–H and O–H groups in total. The van der Waals surface area contributed by atoms with Crippen molar-refractivity contribution in [2.75, 3.05) is 7.11 Å². The van der Waals surface area contributed by atoms with Crippen molar-refractivity contribution < 1.29 is 68.0 Å². The van der Waals surface area contributed by atoms with Crippen LogP contribution in [0.3, 0.4) is 0 Å². The number of amides is 2. The molecule has 134 heavy (non-hydrogen) atoms. The van der Waals surface area contributed by atoms with E-state index >= 15 is 0 Å². The first-order valence-corrected chi connectivity index (χ1v) is 44.6. The number of aliphatic hydroxyl groups excluding tert-OH is 2. The Bertz CT molecular complexity index is 4470. The first-order valence-electron chi connectivity index (χ1n) is 44.6. The molecule has 8 atom stereocenters. The molecule has 605 valence electrons. The second-order valence-corrected chi connectivity index (χ2v) is 35.1. The summed E-state index contributed by atoms with van der Waals surface area (Å²) in [5.41, 5.74) is 4.72. The van der Waals surface area contributed by atoms with Crippen LogP contribution in [0.2, 0.25) is 0 Å². The number of nitrogens with one attached hydrogen (secondary N) is 2. The van der Waals surface area contributed by atoms with E-state index in [1.807, 2.05) is 100 Å². The zero-order valence-electron chi connectivity index (χ0n) is 77.8. The lowest BCUT2D eigenvalue weighted by Crippen LogP contribution is -2.83. The number of Topliss-reactive ketones (excluding diaryl/α,β-unsaturated/α-hetero) is 6. The maximum absolute atomic E-state index is 13.4. The molecule has 2 amide bonds. The lowest BCUT2D eigenvalue weighted by atomic mass is 8.36. The topological polar surface area (TPSA) is 265 Å². The molecule has 0 aliphatic carbocycles. The van der Waals surface area contributed by atoms with E-state index in [9.17, 15) is 63.3 Å². The van der Waals surface area contributed by atoms with E-state index in [0.29, 0.717) is 41.5 Å². The number of hydrogen-bond donors (Lipinski definition) is 5. The van der Waals surface area contributed by atoms with Gasteiger partial charge in [-0.15, -0.1) is 0 Å². The second kappa shape index (κ2) is 62.3. The molecule has 0 fully saturated rings. The van der Waals surface area contributed by atoms with Crippen LogP contribution in [0, 0.1) is 35.5 Å². The predicted octanol–water partition coefficient (Wildman–Crippen LogP) is -6.82. The van der Waals surface area contributed by atoms with E-state index in [-0.39, 0.29) is 85.5 Å². The molecule has 0 heterocycles. The van der Waals surface area contributed by atoms with E-state index < -0.39 is 211 Å². The number of carboxylic acids is 1. The number of aromatic carboxylic acids is 1. The van der Waals surface area contributed by atoms with E-state index in [1.165, 1.54) is 26.3 Å². The Morgan fingerprint density at radius 3 is 0.866 bits per heavy atom. The van der Waals surface area contributed by atoms with Crippen molar-refractivity contribution in [1.82, 2.24) is 10.6 Å². The fourth-order valence-electron chi connectivity index (χ4n) is 16.7. The molecule has 0 saturated carbocycles. The lowest BCUT2D eigenvalue weighted by Gasteiger charge is -2.45. The Morgan fingerprint density at radius 2 is 0.597 bits per heavy atom. The first-order chi connectivity index (χ1) is 62.8. The van der Waals surface area contributed by atoms with Gasteiger partial charge in [-0.1, -0.05) is 173 Å². The summed E-state index contributed by atoms with van der Waals surface area (Å²) in [6.45, 7) is 10.5. The second-order valence-electron chi connectivity index (χ2n) is 35.1. The standard InChI is InChI=1S/C37H43NO7.C36H41NO7.B23.B22/c1-24(2)31(35(42)32(39)19-18-27-14-11-17-29(20-27)37(44)45-4)23-33(40)25(3)38-36(43)30(21-26-12-7-5-8-13-26)22-34(41)28-15-9-6-10-16-28;1-23(2)30(34(41)31(38)18-17-26-13-10-16-28(19-26)36(43)44)22-32(39)24(3)37-35(42)29(20-25-11-6-4-7-12-25)21-33(40)27-14-8-5-9-15-27;1-13-19(12)22(18(10)11)23(20(14(2)3)15(4)5)21(16(6)7)17(8)9;1-13(2)19(14(3)4)22(20(15(5)6)16(7)8)21(17(9)10)18(11)12/h5-17,20,24-25,30-31,35,42H,18-19,21-23H2,1-4H3,(H,38,43);4-16,19,23-24,29-30,34,41H,17-18,20-22H2,1-3H3,(H,37,42)(H,43,44);;/t25-,30+,31-,35?;24-,29+,30-,34?;;/m00../s1. The van der Waals surface area contributed by atoms with Gasteiger partial charge in [0.2, 0.25) is 11.8 Å². The van der Waals surface area contributed by atoms with Gasteiger partial charge < -0.3 is 30.7 Å². The number of hydrogen-bond acceptors (Lipinski definition) is 13. The highest BCUT2D eigenvalue weighted by molar-refractivity contribution is 8.24. The molecule has 6 aromatic carbocycles. The van der Waals surface area contributed by atoms with Crippen molar-refractivity contribution in [3.8, 4) is 0 Å². The Kier molecular flexibility index (Phi) is 56.8. The van der Waals surface area contributed by atoms with Gasteiger partial charge in [0, 0.05) is 394 Å². The number of methoxy groups -OCH3 is 1. The van der Waals surface area contributed by atoms with E-state index in [2.05, 4.69) is 10.6 Å². The molecule has 6 rings (SSSR count). The van der Waals surface area contributed by atoms with Gasteiger partial charge in [-0.3, -0.25) is 38.4 Å². The smallest absolute Gasteiger partial charge is 0.337 e. The molecule has 0 aliphatic heterocycles. The van der Waals surface area contributed by atoms with E-state index in [1.54, 1.807) is 98.8 Å². The monoisotopic (exact) mass is 1710 g/mol. The maximum atomic E-state index is 13.4. The van der Waals surface area contributed by atoms with Gasteiger partial charge in [-0.25, -0.2) is 9.59 Å². The van der Waals surface area contributed by atoms with Crippen molar-refractivity contribution >= 4 is 379 Å². The van der Waals surface area contributed by atoms with Crippen LogP contribution in [-0.4, -0.2) is 426 Å². The van der Waals surface area contributed by atoms with Crippen LogP contribution in [0.1, 0.15) is 144 Å². The van der Waals surface area contributed by atoms with Crippen LogP contribution in [0.15, 0.2) is 170 Å². The van der Waals surface area contributed by atoms with Gasteiger partial charge in [-0.2, -0.15) is 0 Å². The molecule has 49 radical (unpaired) electrons. The molecule has 0 spiro atoms. The number of aliphatic hydroxyl groups is 2. The van der Waals surface area contributed by atoms with Gasteiger partial charge in [0.15, 0.2) is 34.7 Å². The fourth-order valence-corrected chi connectivity index (χ4v) is 16.7. The van der Waals surface area contributed by atoms with Crippen molar-refractivity contribution in [2.45, 2.75) is 130 Å². The maximum Gasteiger partial charge on any atom is 0.337 e. The molecule has 0 saturated heterocycles. The number of carbonyl (C=O) groups is 10. The molecular formula is C73H84B45N2O14. The first kappa shape index (κ1) is 122. The average molecular weight is 1700 g/mol. The number of ether oxygens (including phenoxy) is 1. The summed E-state index contributed by atoms with van der Waals surface area (Å²) >= 11 is 0. The third-order valence-electron chi connectivity index (χ3n) is 24.3. The summed E-state index contributed by atoms with van der Waals surface area (Å²) in [4.78, 5) is 128. The van der Waals surface area contributed by atoms with Crippen molar-refractivity contribution in [1.29, 1.82) is 0 Å². The zero-order chi connectivity index (χ0) is 101. The van der Waals surface area contributed by atoms with Crippen LogP contribution in [0.4, 0.5) is 0 Å². The van der Waals surface area contributed by atoms with Crippen molar-refractivity contribution in [3.63, 3.8) is 0 Å². The summed E-state index contributed by atoms with van der Waals surface area (Å²) in [5, 5.41) is 36.7. The highest BCUT2D eigenvalue weighted by Gasteiger charge is 2.49. The largest absolute Gasteiger partial charge is 0.478 e. The minimum absolute atomic E-state index is 0.00938. The highest BCUT2D eigenvalue weighted by atomic mass is 16.5. The molecule has 0 aliphatic rings. The third kappa shape index (κ3) is 40.7. The quantitative estimate of drug-likeness (QED) is 0.0135. The summed E-state index contributed by atoms with van der Waals surface area (Å²) < 4.78 is 4.75. The van der Waals surface area contributed by atoms with Gasteiger partial charge in [-0.05, 0) is 97.9 Å². The SMILES string of the molecule is CC(C)[C@H](CC(=O)[C@H](C)NC(=O)[C@@H](CC(=O)c1ccccc1)Cc1ccccc1)C(O)C(=O)CCc1cccc(C(=O)O)c1.COC(=O)c1cccc(CCC(=O)C(O)[C@@H](CC(=O)[C@H](C)NC(=O)[C@@H](CC(=O)c2ccccc2)Cc2ccccc2)C(C)C)c1.[B]B([B])B(B([B])[B])B(B(B([B])[B])B([B])[B])B(B([B])[B])B([B])[B].[B][B]B([B])B(B([B])[B])B(B(B([B])[B])B([B])[B])B(B([B])[B])B([B])[B]. The normalized spacial score (nSPS) is 12.3. The zero-order valence-corrected chi connectivity index (χ0v) is 77.8. The molecule has 16 nitrogen and oxygen atoms in total. The Morgan fingerprint density at radius 1 is 0.336 bits per heavy atom. The van der Waals surface area contributed by atoms with Gasteiger partial charge >= 0.3 is 11.9 Å². The van der Waals surface area contributed by atoms with Gasteiger partial charge in [0.1, 0.15) is 12.2 Å². The molecule has 61 heteroatoms. The van der Waals surface area contributed by atoms with Crippen molar-refractivity contribution in [3.05, 3.63) is 214 Å². The summed E-state index contributed by atoms with van der Waals surface area (Å²) in [7, 11) is 142. The van der Waals surface area contributed by atoms with Gasteiger partial charge in [0.05, 0.1) is 30.3 Å². The predicted molar refractivity (Wildman–Crippen MR) is 598 cm³/mol. The number of aryl methyl sites for hydroxylation is 2. The number of esters is 1.